The maximum atomic E-state index is 15.1. The van der Waals surface area contributed by atoms with E-state index in [0.29, 0.717) is 32.2 Å². The number of ether oxygens (including phenoxy) is 2. The van der Waals surface area contributed by atoms with Gasteiger partial charge in [0.1, 0.15) is 6.04 Å². The van der Waals surface area contributed by atoms with Crippen molar-refractivity contribution in [3.05, 3.63) is 108 Å². The number of quaternary nitrogens is 1. The zero-order valence-electron chi connectivity index (χ0n) is 26.6. The number of hydrogen-bond acceptors (Lipinski definition) is 9. The number of amides is 2. The summed E-state index contributed by atoms with van der Waals surface area (Å²) in [4.78, 5) is 39.7. The Kier molecular flexibility index (Phi) is 13.4. The van der Waals surface area contributed by atoms with Crippen molar-refractivity contribution in [2.75, 3.05) is 19.9 Å². The second-order valence-electron chi connectivity index (χ2n) is 11.6. The van der Waals surface area contributed by atoms with Crippen molar-refractivity contribution in [2.24, 2.45) is 5.73 Å². The van der Waals surface area contributed by atoms with E-state index in [1.54, 1.807) is 37.3 Å². The molecule has 3 unspecified atom stereocenters. The zero-order valence-corrected chi connectivity index (χ0v) is 27.5. The van der Waals surface area contributed by atoms with E-state index in [2.05, 4.69) is 0 Å². The van der Waals surface area contributed by atoms with Crippen LogP contribution in [0.1, 0.15) is 60.5 Å². The van der Waals surface area contributed by atoms with Gasteiger partial charge in [0, 0.05) is 19.3 Å². The molecule has 1 aliphatic heterocycles. The second-order valence-corrected chi connectivity index (χ2v) is 13.7. The molecule has 3 aromatic rings. The van der Waals surface area contributed by atoms with Crippen molar-refractivity contribution < 1.29 is 47.1 Å². The first-order chi connectivity index (χ1) is 22.7. The lowest BCUT2D eigenvalue weighted by atomic mass is 10.1. The summed E-state index contributed by atoms with van der Waals surface area (Å²) in [6.07, 6.45) is -0.566. The lowest BCUT2D eigenvalue weighted by Crippen LogP contribution is -2.62. The van der Waals surface area contributed by atoms with Crippen LogP contribution in [0.2, 0.25) is 0 Å². The predicted molar refractivity (Wildman–Crippen MR) is 175 cm³/mol. The number of likely N-dealkylation sites (tertiary alicyclic amines) is 1. The minimum atomic E-state index is -4.51. The molecule has 0 radical (unpaired) electrons. The Hall–Kier alpha value is -3.70. The lowest BCUT2D eigenvalue weighted by Gasteiger charge is -2.35. The van der Waals surface area contributed by atoms with Crippen molar-refractivity contribution in [1.29, 1.82) is 0 Å². The summed E-state index contributed by atoms with van der Waals surface area (Å²) < 4.78 is 37.9. The Morgan fingerprint density at radius 3 is 2.13 bits per heavy atom. The van der Waals surface area contributed by atoms with E-state index in [1.165, 1.54) is 0 Å². The molecule has 0 bridgehead atoms. The number of benzene rings is 3. The molecule has 1 aliphatic rings. The molecule has 0 aromatic heterocycles. The van der Waals surface area contributed by atoms with Crippen LogP contribution in [0.5, 0.6) is 0 Å². The molecule has 47 heavy (non-hydrogen) atoms. The fourth-order valence-electron chi connectivity index (χ4n) is 5.75. The SMILES string of the molecule is C[C@@H]1CCC[N+]1(C(=O)O)C(=O)C(CCCCN)OP(=O)(OCOC(=O)c1ccccc1)[C@@H](Cc1ccccc1)OCc1ccccc1. The number of imide groups is 1. The Balaban J connectivity index is 1.70. The van der Waals surface area contributed by atoms with E-state index < -0.39 is 54.8 Å². The van der Waals surface area contributed by atoms with Crippen molar-refractivity contribution in [2.45, 2.75) is 70.0 Å². The van der Waals surface area contributed by atoms with Gasteiger partial charge in [-0.2, -0.15) is 9.28 Å². The summed E-state index contributed by atoms with van der Waals surface area (Å²) in [5.74, 6) is -2.68. The smallest absolute Gasteiger partial charge is 0.435 e. The van der Waals surface area contributed by atoms with Gasteiger partial charge >= 0.3 is 25.6 Å². The highest BCUT2D eigenvalue weighted by Crippen LogP contribution is 2.56. The molecule has 1 saturated heterocycles. The molecule has 0 aliphatic carbocycles. The van der Waals surface area contributed by atoms with Gasteiger partial charge < -0.3 is 20.3 Å². The van der Waals surface area contributed by atoms with Crippen LogP contribution in [0.15, 0.2) is 91.0 Å². The van der Waals surface area contributed by atoms with Gasteiger partial charge in [-0.25, -0.2) is 9.59 Å². The average Bonchev–Trinajstić information content (AvgIpc) is 3.49. The third-order valence-electron chi connectivity index (χ3n) is 8.41. The van der Waals surface area contributed by atoms with Gasteiger partial charge in [-0.15, -0.1) is 0 Å². The topological polar surface area (TPSA) is 151 Å². The summed E-state index contributed by atoms with van der Waals surface area (Å²) >= 11 is 0. The van der Waals surface area contributed by atoms with E-state index in [-0.39, 0.29) is 31.6 Å². The van der Waals surface area contributed by atoms with Gasteiger partial charge in [-0.3, -0.25) is 13.6 Å². The molecule has 4 rings (SSSR count). The molecular formula is C35H44N2O9P+. The highest BCUT2D eigenvalue weighted by Gasteiger charge is 2.57. The Morgan fingerprint density at radius 2 is 1.55 bits per heavy atom. The van der Waals surface area contributed by atoms with Crippen LogP contribution in [0, 0.1) is 0 Å². The number of nitrogens with zero attached hydrogens (tertiary/aromatic N) is 1. The number of carboxylic acid groups (broad SMARTS) is 1. The number of unbranched alkanes of at least 4 members (excludes halogenated alkanes) is 1. The van der Waals surface area contributed by atoms with Crippen LogP contribution < -0.4 is 5.73 Å². The average molecular weight is 668 g/mol. The molecule has 2 amide bonds. The minimum Gasteiger partial charge on any atom is -0.435 e. The molecule has 0 spiro atoms. The number of esters is 1. The van der Waals surface area contributed by atoms with Gasteiger partial charge in [0.15, 0.2) is 11.9 Å². The second kappa shape index (κ2) is 17.5. The Bertz CT molecular complexity index is 1490. The molecule has 252 valence electrons. The van der Waals surface area contributed by atoms with Gasteiger partial charge in [0.05, 0.1) is 18.7 Å². The molecule has 5 atom stereocenters. The lowest BCUT2D eigenvalue weighted by molar-refractivity contribution is -0.794. The van der Waals surface area contributed by atoms with Crippen LogP contribution in [0.3, 0.4) is 0 Å². The highest BCUT2D eigenvalue weighted by molar-refractivity contribution is 7.54. The van der Waals surface area contributed by atoms with E-state index >= 15 is 4.57 Å². The first kappa shape index (κ1) is 36.1. The minimum absolute atomic E-state index is 0.0385. The Labute approximate surface area is 275 Å². The van der Waals surface area contributed by atoms with E-state index in [9.17, 15) is 19.5 Å². The van der Waals surface area contributed by atoms with Gasteiger partial charge in [0.2, 0.25) is 6.79 Å². The first-order valence-electron chi connectivity index (χ1n) is 15.9. The molecular weight excluding hydrogens is 623 g/mol. The fraction of sp³-hybridized carbons (Fsp3) is 0.400. The van der Waals surface area contributed by atoms with Gasteiger partial charge in [-0.05, 0) is 56.0 Å². The third kappa shape index (κ3) is 9.44. The number of carbonyl (C=O) groups excluding carboxylic acids is 2. The number of carbonyl (C=O) groups is 3. The molecule has 3 N–H and O–H groups in total. The third-order valence-corrected chi connectivity index (χ3v) is 10.5. The summed E-state index contributed by atoms with van der Waals surface area (Å²) in [6.45, 7) is 1.43. The van der Waals surface area contributed by atoms with Crippen LogP contribution in [-0.4, -0.2) is 65.4 Å². The summed E-state index contributed by atoms with van der Waals surface area (Å²) in [6, 6.07) is 26.1. The largest absolute Gasteiger partial charge is 0.521 e. The number of rotatable bonds is 17. The van der Waals surface area contributed by atoms with E-state index in [1.807, 2.05) is 60.7 Å². The van der Waals surface area contributed by atoms with Gasteiger partial charge in [-0.1, -0.05) is 78.9 Å². The van der Waals surface area contributed by atoms with Crippen LogP contribution >= 0.6 is 7.60 Å². The molecule has 11 nitrogen and oxygen atoms in total. The molecule has 3 aromatic carbocycles. The maximum Gasteiger partial charge on any atom is 0.521 e. The normalized spacial score (nSPS) is 20.2. The molecule has 0 saturated carbocycles. The van der Waals surface area contributed by atoms with E-state index in [4.69, 9.17) is 24.3 Å². The van der Waals surface area contributed by atoms with Crippen molar-refractivity contribution in [1.82, 2.24) is 0 Å². The molecule has 1 heterocycles. The van der Waals surface area contributed by atoms with Crippen molar-refractivity contribution in [3.63, 3.8) is 0 Å². The van der Waals surface area contributed by atoms with E-state index in [0.717, 1.165) is 11.1 Å². The summed E-state index contributed by atoms with van der Waals surface area (Å²) in [7, 11) is -4.51. The Morgan fingerprint density at radius 1 is 0.936 bits per heavy atom. The van der Waals surface area contributed by atoms with Crippen LogP contribution in [0.4, 0.5) is 4.79 Å². The van der Waals surface area contributed by atoms with Gasteiger partial charge in [0.25, 0.3) is 0 Å². The number of nitrogens with two attached hydrogens (primary N) is 1. The standard InChI is InChI=1S/C35H43N2O9P/c1-27-14-13-23-37(27,35(40)41)33(38)31(21-11-12-22-36)46-47(42,45-26-44-34(39)30-19-9-4-10-20-30)32(24-28-15-5-2-6-16-28)43-25-29-17-7-3-8-18-29/h2-10,15-20,27,31-32H,11-14,21-26,36H2,1H3/p+1/t27-,31?,32+,37?,47?/m1/s1. The fourth-order valence-corrected chi connectivity index (χ4v) is 7.55. The molecule has 12 heteroatoms. The first-order valence-corrected chi connectivity index (χ1v) is 17.5. The summed E-state index contributed by atoms with van der Waals surface area (Å²) in [5.41, 5.74) is 7.55. The monoisotopic (exact) mass is 667 g/mol. The summed E-state index contributed by atoms with van der Waals surface area (Å²) in [5, 5.41) is 10.3. The predicted octanol–water partition coefficient (Wildman–Crippen LogP) is 6.51. The maximum absolute atomic E-state index is 15.1. The number of hydrogen-bond donors (Lipinski definition) is 2. The zero-order chi connectivity index (χ0) is 33.7. The van der Waals surface area contributed by atoms with Crippen LogP contribution in [0.25, 0.3) is 0 Å². The highest BCUT2D eigenvalue weighted by atomic mass is 31.2. The molecule has 1 fully saturated rings. The quantitative estimate of drug-likeness (QED) is 0.0536. The van der Waals surface area contributed by atoms with Crippen molar-refractivity contribution in [3.8, 4) is 0 Å². The van der Waals surface area contributed by atoms with Crippen molar-refractivity contribution >= 4 is 25.6 Å². The van der Waals surface area contributed by atoms with Crippen LogP contribution in [-0.2, 0) is 40.9 Å².